The first-order chi connectivity index (χ1) is 13.0. The van der Waals surface area contributed by atoms with Gasteiger partial charge in [-0.15, -0.1) is 0 Å². The molecular formula is C20H20BrNO5. The molecule has 2 aromatic carbocycles. The van der Waals surface area contributed by atoms with Crippen molar-refractivity contribution in [2.75, 3.05) is 20.3 Å². The minimum atomic E-state index is -0.554. The zero-order valence-electron chi connectivity index (χ0n) is 15.0. The molecule has 2 atom stereocenters. The standard InChI is InChI=1S/C20H20BrNO5/c1-12(20(24)25-2)17(13-6-4-3-5-7-13)22-19(23)14-10-15(21)18-16(11-14)26-8-9-27-18/h3-7,10-12,17H,8-9H2,1-2H3,(H,22,23). The number of hydrogen-bond donors (Lipinski definition) is 1. The van der Waals surface area contributed by atoms with E-state index in [4.69, 9.17) is 14.2 Å². The van der Waals surface area contributed by atoms with Crippen LogP contribution in [0.15, 0.2) is 46.9 Å². The van der Waals surface area contributed by atoms with E-state index in [-0.39, 0.29) is 5.91 Å². The molecular weight excluding hydrogens is 414 g/mol. The summed E-state index contributed by atoms with van der Waals surface area (Å²) in [6, 6.07) is 12.1. The summed E-state index contributed by atoms with van der Waals surface area (Å²) >= 11 is 3.42. The van der Waals surface area contributed by atoms with Crippen LogP contribution in [0.4, 0.5) is 0 Å². The topological polar surface area (TPSA) is 73.9 Å². The van der Waals surface area contributed by atoms with Crippen LogP contribution < -0.4 is 14.8 Å². The maximum absolute atomic E-state index is 12.9. The molecule has 0 aromatic heterocycles. The molecule has 2 unspecified atom stereocenters. The highest BCUT2D eigenvalue weighted by atomic mass is 79.9. The van der Waals surface area contributed by atoms with Crippen molar-refractivity contribution in [2.45, 2.75) is 13.0 Å². The first-order valence-electron chi connectivity index (χ1n) is 8.54. The van der Waals surface area contributed by atoms with Gasteiger partial charge in [-0.05, 0) is 40.5 Å². The van der Waals surface area contributed by atoms with Crippen molar-refractivity contribution in [1.82, 2.24) is 5.32 Å². The molecule has 1 aliphatic heterocycles. The van der Waals surface area contributed by atoms with E-state index in [0.29, 0.717) is 34.7 Å². The van der Waals surface area contributed by atoms with E-state index < -0.39 is 17.9 Å². The van der Waals surface area contributed by atoms with Gasteiger partial charge in [0.25, 0.3) is 5.91 Å². The van der Waals surface area contributed by atoms with Crippen LogP contribution in [-0.4, -0.2) is 32.2 Å². The fourth-order valence-electron chi connectivity index (χ4n) is 2.95. The number of benzene rings is 2. The average molecular weight is 434 g/mol. The number of hydrogen-bond acceptors (Lipinski definition) is 5. The number of methoxy groups -OCH3 is 1. The molecule has 1 heterocycles. The van der Waals surface area contributed by atoms with Gasteiger partial charge in [-0.25, -0.2) is 0 Å². The first-order valence-corrected chi connectivity index (χ1v) is 9.33. The van der Waals surface area contributed by atoms with Crippen LogP contribution >= 0.6 is 15.9 Å². The number of amides is 1. The van der Waals surface area contributed by atoms with Crippen LogP contribution in [0.3, 0.4) is 0 Å². The van der Waals surface area contributed by atoms with Crippen molar-refractivity contribution in [1.29, 1.82) is 0 Å². The van der Waals surface area contributed by atoms with E-state index in [1.54, 1.807) is 19.1 Å². The van der Waals surface area contributed by atoms with E-state index in [1.165, 1.54) is 7.11 Å². The van der Waals surface area contributed by atoms with Gasteiger partial charge < -0.3 is 19.5 Å². The third-order valence-corrected chi connectivity index (χ3v) is 4.97. The van der Waals surface area contributed by atoms with Crippen LogP contribution in [0.2, 0.25) is 0 Å². The van der Waals surface area contributed by atoms with Crippen LogP contribution in [0.25, 0.3) is 0 Å². The molecule has 2 aromatic rings. The number of esters is 1. The maximum Gasteiger partial charge on any atom is 0.310 e. The van der Waals surface area contributed by atoms with Crippen molar-refractivity contribution < 1.29 is 23.8 Å². The van der Waals surface area contributed by atoms with Gasteiger partial charge in [0.15, 0.2) is 11.5 Å². The van der Waals surface area contributed by atoms with Gasteiger partial charge in [-0.2, -0.15) is 0 Å². The SMILES string of the molecule is COC(=O)C(C)C(NC(=O)c1cc(Br)c2c(c1)OCCO2)c1ccccc1. The van der Waals surface area contributed by atoms with Crippen molar-refractivity contribution in [2.24, 2.45) is 5.92 Å². The minimum absolute atomic E-state index is 0.322. The molecule has 6 nitrogen and oxygen atoms in total. The second-order valence-corrected chi connectivity index (χ2v) is 7.01. The summed E-state index contributed by atoms with van der Waals surface area (Å²) < 4.78 is 16.6. The molecule has 142 valence electrons. The average Bonchev–Trinajstić information content (AvgIpc) is 2.71. The molecule has 27 heavy (non-hydrogen) atoms. The molecule has 0 bridgehead atoms. The molecule has 0 aliphatic carbocycles. The number of carbonyl (C=O) groups is 2. The summed E-state index contributed by atoms with van der Waals surface area (Å²) in [6.07, 6.45) is 0. The highest BCUT2D eigenvalue weighted by molar-refractivity contribution is 9.10. The van der Waals surface area contributed by atoms with Gasteiger partial charge in [0.05, 0.1) is 23.5 Å². The smallest absolute Gasteiger partial charge is 0.310 e. The van der Waals surface area contributed by atoms with Gasteiger partial charge >= 0.3 is 5.97 Å². The van der Waals surface area contributed by atoms with Gasteiger partial charge in [-0.1, -0.05) is 30.3 Å². The predicted octanol–water partition coefficient (Wildman–Crippen LogP) is 3.50. The van der Waals surface area contributed by atoms with Crippen molar-refractivity contribution in [3.05, 3.63) is 58.1 Å². The van der Waals surface area contributed by atoms with Crippen LogP contribution in [0.1, 0.15) is 28.9 Å². The Labute approximate surface area is 165 Å². The number of carbonyl (C=O) groups excluding carboxylic acids is 2. The molecule has 3 rings (SSSR count). The lowest BCUT2D eigenvalue weighted by atomic mass is 9.94. The zero-order valence-corrected chi connectivity index (χ0v) is 16.6. The van der Waals surface area contributed by atoms with Crippen LogP contribution in [-0.2, 0) is 9.53 Å². The van der Waals surface area contributed by atoms with E-state index in [0.717, 1.165) is 5.56 Å². The lowest BCUT2D eigenvalue weighted by Gasteiger charge is -2.25. The highest BCUT2D eigenvalue weighted by Gasteiger charge is 2.29. The van der Waals surface area contributed by atoms with Crippen molar-refractivity contribution in [3.8, 4) is 11.5 Å². The summed E-state index contributed by atoms with van der Waals surface area (Å²) in [4.78, 5) is 25.0. The van der Waals surface area contributed by atoms with Gasteiger partial charge in [0, 0.05) is 5.56 Å². The fraction of sp³-hybridized carbons (Fsp3) is 0.300. The van der Waals surface area contributed by atoms with Crippen molar-refractivity contribution >= 4 is 27.8 Å². The summed E-state index contributed by atoms with van der Waals surface area (Å²) in [6.45, 7) is 2.61. The molecule has 1 N–H and O–H groups in total. The molecule has 0 spiro atoms. The molecule has 7 heteroatoms. The van der Waals surface area contributed by atoms with E-state index in [9.17, 15) is 9.59 Å². The highest BCUT2D eigenvalue weighted by Crippen LogP contribution is 2.38. The second kappa shape index (κ2) is 8.43. The number of nitrogens with one attached hydrogen (secondary N) is 1. The molecule has 0 fully saturated rings. The Kier molecular flexibility index (Phi) is 6.01. The van der Waals surface area contributed by atoms with Crippen LogP contribution in [0, 0.1) is 5.92 Å². The van der Waals surface area contributed by atoms with E-state index in [1.807, 2.05) is 30.3 Å². The molecule has 1 aliphatic rings. The third-order valence-electron chi connectivity index (χ3n) is 4.38. The molecule has 1 amide bonds. The lowest BCUT2D eigenvalue weighted by Crippen LogP contribution is -2.36. The maximum atomic E-state index is 12.9. The van der Waals surface area contributed by atoms with Gasteiger partial charge in [0.2, 0.25) is 0 Å². The molecule has 0 saturated carbocycles. The summed E-state index contributed by atoms with van der Waals surface area (Å²) in [5.41, 5.74) is 1.23. The lowest BCUT2D eigenvalue weighted by molar-refractivity contribution is -0.145. The van der Waals surface area contributed by atoms with Crippen LogP contribution in [0.5, 0.6) is 11.5 Å². The summed E-state index contributed by atoms with van der Waals surface area (Å²) in [5, 5.41) is 2.94. The minimum Gasteiger partial charge on any atom is -0.486 e. The zero-order chi connectivity index (χ0) is 19.4. The summed E-state index contributed by atoms with van der Waals surface area (Å²) in [7, 11) is 1.33. The molecule has 0 saturated heterocycles. The Morgan fingerprint density at radius 1 is 1.15 bits per heavy atom. The number of rotatable bonds is 5. The Morgan fingerprint density at radius 3 is 2.56 bits per heavy atom. The second-order valence-electron chi connectivity index (χ2n) is 6.16. The Hall–Kier alpha value is -2.54. The molecule has 0 radical (unpaired) electrons. The Balaban J connectivity index is 1.88. The van der Waals surface area contributed by atoms with Gasteiger partial charge in [0.1, 0.15) is 13.2 Å². The normalized spacial score (nSPS) is 14.8. The fourth-order valence-corrected chi connectivity index (χ4v) is 3.50. The Bertz CT molecular complexity index is 840. The first kappa shape index (κ1) is 19.2. The summed E-state index contributed by atoms with van der Waals surface area (Å²) in [5.74, 6) is -0.176. The third kappa shape index (κ3) is 4.24. The van der Waals surface area contributed by atoms with Gasteiger partial charge in [-0.3, -0.25) is 9.59 Å². The Morgan fingerprint density at radius 2 is 1.85 bits per heavy atom. The van der Waals surface area contributed by atoms with E-state index >= 15 is 0 Å². The quantitative estimate of drug-likeness (QED) is 0.730. The van der Waals surface area contributed by atoms with Crippen molar-refractivity contribution in [3.63, 3.8) is 0 Å². The number of fused-ring (bicyclic) bond motifs is 1. The largest absolute Gasteiger partial charge is 0.486 e. The monoisotopic (exact) mass is 433 g/mol. The number of ether oxygens (including phenoxy) is 3. The predicted molar refractivity (Wildman–Crippen MR) is 103 cm³/mol. The number of halogens is 1. The van der Waals surface area contributed by atoms with E-state index in [2.05, 4.69) is 21.2 Å².